The number of aliphatic carboxylic acids is 1. The summed E-state index contributed by atoms with van der Waals surface area (Å²) in [5.41, 5.74) is 0. The lowest BCUT2D eigenvalue weighted by atomic mass is 10.4. The SMILES string of the molecule is CNC(=O)CNC(=O)NC[C@H](O)C(=O)O. The van der Waals surface area contributed by atoms with Crippen molar-refractivity contribution in [1.29, 1.82) is 0 Å². The molecule has 1 atom stereocenters. The number of aliphatic hydroxyl groups excluding tert-OH is 1. The van der Waals surface area contributed by atoms with Gasteiger partial charge in [0.2, 0.25) is 5.91 Å². The van der Waals surface area contributed by atoms with Crippen molar-refractivity contribution in [3.63, 3.8) is 0 Å². The lowest BCUT2D eigenvalue weighted by Crippen LogP contribution is -2.44. The topological polar surface area (TPSA) is 128 Å². The first-order valence-corrected chi connectivity index (χ1v) is 4.10. The van der Waals surface area contributed by atoms with Crippen LogP contribution in [0.15, 0.2) is 0 Å². The van der Waals surface area contributed by atoms with Gasteiger partial charge in [-0.05, 0) is 0 Å². The molecule has 0 saturated carbocycles. The Morgan fingerprint density at radius 1 is 1.27 bits per heavy atom. The van der Waals surface area contributed by atoms with Crippen molar-refractivity contribution in [1.82, 2.24) is 16.0 Å². The van der Waals surface area contributed by atoms with Crippen LogP contribution in [0, 0.1) is 0 Å². The summed E-state index contributed by atoms with van der Waals surface area (Å²) in [7, 11) is 1.41. The second kappa shape index (κ2) is 6.60. The number of carbonyl (C=O) groups is 3. The molecule has 0 aromatic heterocycles. The largest absolute Gasteiger partial charge is 0.479 e. The van der Waals surface area contributed by atoms with E-state index >= 15 is 0 Å². The van der Waals surface area contributed by atoms with Crippen molar-refractivity contribution in [3.05, 3.63) is 0 Å². The third kappa shape index (κ3) is 6.27. The van der Waals surface area contributed by atoms with E-state index in [9.17, 15) is 14.4 Å². The fraction of sp³-hybridized carbons (Fsp3) is 0.571. The molecule has 3 amide bonds. The highest BCUT2D eigenvalue weighted by Crippen LogP contribution is 1.79. The van der Waals surface area contributed by atoms with Gasteiger partial charge in [-0.1, -0.05) is 0 Å². The zero-order valence-electron chi connectivity index (χ0n) is 8.11. The molecule has 0 aromatic carbocycles. The highest BCUT2D eigenvalue weighted by molar-refractivity contribution is 5.84. The summed E-state index contributed by atoms with van der Waals surface area (Å²) in [6.45, 7) is -0.638. The van der Waals surface area contributed by atoms with Crippen LogP contribution in [0.5, 0.6) is 0 Å². The lowest BCUT2D eigenvalue weighted by Gasteiger charge is -2.08. The molecule has 8 heteroatoms. The van der Waals surface area contributed by atoms with Crippen molar-refractivity contribution in [2.24, 2.45) is 0 Å². The van der Waals surface area contributed by atoms with Gasteiger partial charge in [-0.25, -0.2) is 9.59 Å². The predicted octanol–water partition coefficient (Wildman–Crippen LogP) is -2.52. The summed E-state index contributed by atoms with van der Waals surface area (Å²) >= 11 is 0. The standard InChI is InChI=1S/C7H13N3O5/c1-8-5(12)3-10-7(15)9-2-4(11)6(13)14/h4,11H,2-3H2,1H3,(H,8,12)(H,13,14)(H2,9,10,15)/t4-/m0/s1. The van der Waals surface area contributed by atoms with Gasteiger partial charge in [-0.15, -0.1) is 0 Å². The molecule has 86 valence electrons. The molecule has 15 heavy (non-hydrogen) atoms. The quantitative estimate of drug-likeness (QED) is 0.348. The molecule has 0 unspecified atom stereocenters. The number of amides is 3. The summed E-state index contributed by atoms with van der Waals surface area (Å²) in [4.78, 5) is 31.7. The molecule has 0 radical (unpaired) electrons. The Morgan fingerprint density at radius 3 is 2.33 bits per heavy atom. The average Bonchev–Trinajstić information content (AvgIpc) is 2.21. The number of urea groups is 1. The third-order valence-electron chi connectivity index (χ3n) is 1.43. The Labute approximate surface area is 85.7 Å². The number of carbonyl (C=O) groups excluding carboxylic acids is 2. The Bertz CT molecular complexity index is 255. The van der Waals surface area contributed by atoms with Crippen LogP contribution in [0.25, 0.3) is 0 Å². The number of hydrogen-bond acceptors (Lipinski definition) is 4. The number of carboxylic acid groups (broad SMARTS) is 1. The summed E-state index contributed by atoms with van der Waals surface area (Å²) in [5, 5.41) is 23.6. The number of aliphatic hydroxyl groups is 1. The molecule has 0 aliphatic carbocycles. The van der Waals surface area contributed by atoms with Crippen LogP contribution in [0.3, 0.4) is 0 Å². The van der Waals surface area contributed by atoms with Crippen LogP contribution in [0.4, 0.5) is 4.79 Å². The fourth-order valence-corrected chi connectivity index (χ4v) is 0.588. The smallest absolute Gasteiger partial charge is 0.334 e. The predicted molar refractivity (Wildman–Crippen MR) is 49.1 cm³/mol. The van der Waals surface area contributed by atoms with E-state index in [1.807, 2.05) is 0 Å². The van der Waals surface area contributed by atoms with Crippen molar-refractivity contribution < 1.29 is 24.6 Å². The van der Waals surface area contributed by atoms with Crippen LogP contribution in [-0.2, 0) is 9.59 Å². The molecule has 0 heterocycles. The van der Waals surface area contributed by atoms with Gasteiger partial charge in [0, 0.05) is 7.05 Å². The Kier molecular flexibility index (Phi) is 5.79. The van der Waals surface area contributed by atoms with E-state index in [-0.39, 0.29) is 12.5 Å². The maximum atomic E-state index is 10.9. The van der Waals surface area contributed by atoms with Gasteiger partial charge in [0.15, 0.2) is 6.10 Å². The van der Waals surface area contributed by atoms with Gasteiger partial charge in [0.1, 0.15) is 0 Å². The van der Waals surface area contributed by atoms with E-state index in [2.05, 4.69) is 16.0 Å². The minimum atomic E-state index is -1.66. The van der Waals surface area contributed by atoms with Gasteiger partial charge in [-0.3, -0.25) is 4.79 Å². The maximum Gasteiger partial charge on any atom is 0.334 e. The van der Waals surface area contributed by atoms with Gasteiger partial charge < -0.3 is 26.2 Å². The van der Waals surface area contributed by atoms with Crippen molar-refractivity contribution in [2.75, 3.05) is 20.1 Å². The minimum Gasteiger partial charge on any atom is -0.479 e. The summed E-state index contributed by atoms with van der Waals surface area (Å²) < 4.78 is 0. The summed E-state index contributed by atoms with van der Waals surface area (Å²) in [6.07, 6.45) is -1.66. The van der Waals surface area contributed by atoms with Gasteiger partial charge in [0.05, 0.1) is 13.1 Å². The van der Waals surface area contributed by atoms with Gasteiger partial charge in [0.25, 0.3) is 0 Å². The third-order valence-corrected chi connectivity index (χ3v) is 1.43. The van der Waals surface area contributed by atoms with Crippen LogP contribution in [0.1, 0.15) is 0 Å². The Balaban J connectivity index is 3.66. The van der Waals surface area contributed by atoms with Crippen LogP contribution in [0.2, 0.25) is 0 Å². The second-order valence-corrected chi connectivity index (χ2v) is 2.59. The number of likely N-dealkylation sites (N-methyl/N-ethyl adjacent to an activating group) is 1. The summed E-state index contributed by atoms with van der Waals surface area (Å²) in [6, 6.07) is -0.723. The first-order chi connectivity index (χ1) is 6.97. The highest BCUT2D eigenvalue weighted by Gasteiger charge is 2.13. The molecule has 0 aliphatic rings. The van der Waals surface area contributed by atoms with Crippen molar-refractivity contribution >= 4 is 17.9 Å². The molecule has 0 saturated heterocycles. The molecular formula is C7H13N3O5. The lowest BCUT2D eigenvalue weighted by molar-refractivity contribution is -0.146. The molecule has 5 N–H and O–H groups in total. The number of rotatable bonds is 5. The zero-order chi connectivity index (χ0) is 11.8. The first kappa shape index (κ1) is 13.2. The summed E-state index contributed by atoms with van der Waals surface area (Å²) in [5.74, 6) is -1.81. The molecule has 0 rings (SSSR count). The van der Waals surface area contributed by atoms with E-state index < -0.39 is 24.6 Å². The molecule has 0 aliphatic heterocycles. The number of nitrogens with one attached hydrogen (secondary N) is 3. The normalized spacial score (nSPS) is 11.3. The van der Waals surface area contributed by atoms with Gasteiger partial charge >= 0.3 is 12.0 Å². The van der Waals surface area contributed by atoms with E-state index in [0.717, 1.165) is 0 Å². The first-order valence-electron chi connectivity index (χ1n) is 4.10. The molecular weight excluding hydrogens is 206 g/mol. The molecule has 0 bridgehead atoms. The van der Waals surface area contributed by atoms with Gasteiger partial charge in [-0.2, -0.15) is 0 Å². The van der Waals surface area contributed by atoms with Crippen LogP contribution < -0.4 is 16.0 Å². The average molecular weight is 219 g/mol. The zero-order valence-corrected chi connectivity index (χ0v) is 8.11. The number of carboxylic acids is 1. The van der Waals surface area contributed by atoms with E-state index in [0.29, 0.717) is 0 Å². The van der Waals surface area contributed by atoms with Crippen molar-refractivity contribution in [2.45, 2.75) is 6.10 Å². The maximum absolute atomic E-state index is 10.9. The Morgan fingerprint density at radius 2 is 1.87 bits per heavy atom. The Hall–Kier alpha value is -1.83. The van der Waals surface area contributed by atoms with Crippen molar-refractivity contribution in [3.8, 4) is 0 Å². The highest BCUT2D eigenvalue weighted by atomic mass is 16.4. The molecule has 8 nitrogen and oxygen atoms in total. The van der Waals surface area contributed by atoms with Crippen LogP contribution >= 0.6 is 0 Å². The monoisotopic (exact) mass is 219 g/mol. The number of hydrogen-bond donors (Lipinski definition) is 5. The minimum absolute atomic E-state index is 0.217. The van der Waals surface area contributed by atoms with E-state index in [1.165, 1.54) is 7.05 Å². The fourth-order valence-electron chi connectivity index (χ4n) is 0.588. The van der Waals surface area contributed by atoms with E-state index in [1.54, 1.807) is 0 Å². The molecule has 0 spiro atoms. The molecule has 0 aromatic rings. The second-order valence-electron chi connectivity index (χ2n) is 2.59. The molecule has 0 fully saturated rings. The van der Waals surface area contributed by atoms with E-state index in [4.69, 9.17) is 10.2 Å². The van der Waals surface area contributed by atoms with Crippen LogP contribution in [-0.4, -0.2) is 54.4 Å².